The Hall–Kier alpha value is -2.65. The van der Waals surface area contributed by atoms with Gasteiger partial charge in [-0.3, -0.25) is 0 Å². The Kier molecular flexibility index (Phi) is 8.82. The average molecular weight is 465 g/mol. The number of halogens is 1. The molecule has 3 rings (SSSR count). The number of hydrogen-bond acceptors (Lipinski definition) is 6. The minimum Gasteiger partial charge on any atom is -0.462 e. The quantitative estimate of drug-likeness (QED) is 0.370. The van der Waals surface area contributed by atoms with Crippen LogP contribution in [0.2, 0.25) is 0 Å². The summed E-state index contributed by atoms with van der Waals surface area (Å²) < 4.78 is 33.4. The summed E-state index contributed by atoms with van der Waals surface area (Å²) >= 11 is 0. The maximum absolute atomic E-state index is 11.7. The molecule has 7 nitrogen and oxygen atoms in total. The van der Waals surface area contributed by atoms with E-state index in [0.29, 0.717) is 25.3 Å². The van der Waals surface area contributed by atoms with Gasteiger partial charge >= 0.3 is 5.97 Å². The van der Waals surface area contributed by atoms with Crippen LogP contribution in [0.1, 0.15) is 28.6 Å². The van der Waals surface area contributed by atoms with E-state index in [4.69, 9.17) is 14.3 Å². The molecule has 0 aliphatic carbocycles. The Balaban J connectivity index is 0.00000341. The topological polar surface area (TPSA) is 112 Å². The van der Waals surface area contributed by atoms with E-state index in [0.717, 1.165) is 29.1 Å². The molecule has 0 aliphatic heterocycles. The summed E-state index contributed by atoms with van der Waals surface area (Å²) in [7, 11) is -3.66. The number of primary sulfonamides is 1. The summed E-state index contributed by atoms with van der Waals surface area (Å²) in [5, 5.41) is 8.40. The van der Waals surface area contributed by atoms with E-state index in [1.165, 1.54) is 12.1 Å². The van der Waals surface area contributed by atoms with Crippen LogP contribution in [0, 0.1) is 0 Å². The molecule has 1 aromatic heterocycles. The third-order valence-corrected chi connectivity index (χ3v) is 5.41. The van der Waals surface area contributed by atoms with E-state index < -0.39 is 10.0 Å². The number of carbonyl (C=O) groups excluding carboxylic acids is 1. The fourth-order valence-corrected chi connectivity index (χ4v) is 3.42. The zero-order chi connectivity index (χ0) is 21.6. The fraction of sp³-hybridized carbons (Fsp3) is 0.227. The van der Waals surface area contributed by atoms with Gasteiger partial charge in [-0.1, -0.05) is 24.3 Å². The van der Waals surface area contributed by atoms with Crippen LogP contribution < -0.4 is 10.5 Å². The van der Waals surface area contributed by atoms with Crippen molar-refractivity contribution in [2.24, 2.45) is 5.14 Å². The van der Waals surface area contributed by atoms with Crippen molar-refractivity contribution >= 4 is 28.4 Å². The van der Waals surface area contributed by atoms with Gasteiger partial charge in [-0.05, 0) is 61.9 Å². The molecule has 0 saturated carbocycles. The van der Waals surface area contributed by atoms with E-state index in [2.05, 4.69) is 5.32 Å². The van der Waals surface area contributed by atoms with Gasteiger partial charge in [0.2, 0.25) is 10.0 Å². The molecule has 166 valence electrons. The Labute approximate surface area is 188 Å². The normalized spacial score (nSPS) is 11.0. The fourth-order valence-electron chi connectivity index (χ4n) is 2.90. The summed E-state index contributed by atoms with van der Waals surface area (Å²) in [6.45, 7) is 3.39. The van der Waals surface area contributed by atoms with Gasteiger partial charge in [0.1, 0.15) is 11.5 Å². The molecule has 9 heteroatoms. The number of nitrogens with one attached hydrogen (secondary N) is 1. The van der Waals surface area contributed by atoms with Crippen molar-refractivity contribution in [3.63, 3.8) is 0 Å². The molecule has 0 fully saturated rings. The predicted octanol–water partition coefficient (Wildman–Crippen LogP) is 3.52. The SMILES string of the molecule is CCOC(=O)c1ccc(-c2ccc(CNCCc3ccc(S(N)(=O)=O)cc3)o2)cc1.Cl. The molecule has 1 heterocycles. The third kappa shape index (κ3) is 6.93. The molecule has 3 N–H and O–H groups in total. The standard InChI is InChI=1S/C22H24N2O5S.ClH/c1-2-28-22(25)18-7-5-17(6-8-18)21-12-9-19(29-21)15-24-14-13-16-3-10-20(11-4-16)30(23,26)27;/h3-12,24H,2,13-15H2,1H3,(H2,23,26,27);1H. The molecule has 0 atom stereocenters. The summed E-state index contributed by atoms with van der Waals surface area (Å²) in [5.74, 6) is 1.18. The number of benzene rings is 2. The summed E-state index contributed by atoms with van der Waals surface area (Å²) in [4.78, 5) is 11.8. The van der Waals surface area contributed by atoms with Crippen molar-refractivity contribution < 1.29 is 22.4 Å². The van der Waals surface area contributed by atoms with Gasteiger partial charge in [0.25, 0.3) is 0 Å². The third-order valence-electron chi connectivity index (χ3n) is 4.48. The number of carbonyl (C=O) groups is 1. The molecule has 0 saturated heterocycles. The lowest BCUT2D eigenvalue weighted by Crippen LogP contribution is -2.16. The van der Waals surface area contributed by atoms with Gasteiger partial charge in [0.15, 0.2) is 0 Å². The van der Waals surface area contributed by atoms with Gasteiger partial charge < -0.3 is 14.5 Å². The van der Waals surface area contributed by atoms with E-state index in [1.54, 1.807) is 31.2 Å². The lowest BCUT2D eigenvalue weighted by atomic mass is 10.1. The van der Waals surface area contributed by atoms with Crippen LogP contribution in [0.5, 0.6) is 0 Å². The van der Waals surface area contributed by atoms with Crippen LogP contribution in [-0.4, -0.2) is 27.5 Å². The molecule has 0 aliphatic rings. The summed E-state index contributed by atoms with van der Waals surface area (Å²) in [5.41, 5.74) is 2.40. The number of furan rings is 1. The van der Waals surface area contributed by atoms with Crippen molar-refractivity contribution in [1.29, 1.82) is 0 Å². The van der Waals surface area contributed by atoms with Gasteiger partial charge in [0.05, 0.1) is 23.6 Å². The van der Waals surface area contributed by atoms with Crippen molar-refractivity contribution in [3.8, 4) is 11.3 Å². The van der Waals surface area contributed by atoms with Crippen molar-refractivity contribution in [2.75, 3.05) is 13.2 Å². The van der Waals surface area contributed by atoms with Crippen LogP contribution in [0.25, 0.3) is 11.3 Å². The lowest BCUT2D eigenvalue weighted by Gasteiger charge is -2.05. The second-order valence-electron chi connectivity index (χ2n) is 6.68. The highest BCUT2D eigenvalue weighted by atomic mass is 35.5. The molecule has 0 radical (unpaired) electrons. The first kappa shape index (κ1) is 24.6. The van der Waals surface area contributed by atoms with Crippen molar-refractivity contribution in [3.05, 3.63) is 77.6 Å². The highest BCUT2D eigenvalue weighted by Gasteiger charge is 2.09. The monoisotopic (exact) mass is 464 g/mol. The second kappa shape index (κ2) is 11.1. The van der Waals surface area contributed by atoms with Crippen LogP contribution in [0.3, 0.4) is 0 Å². The molecule has 0 unspecified atom stereocenters. The first-order chi connectivity index (χ1) is 14.4. The Morgan fingerprint density at radius 1 is 1.03 bits per heavy atom. The van der Waals surface area contributed by atoms with Crippen LogP contribution in [-0.2, 0) is 27.7 Å². The van der Waals surface area contributed by atoms with Gasteiger partial charge in [-0.15, -0.1) is 12.4 Å². The van der Waals surface area contributed by atoms with E-state index in [1.807, 2.05) is 24.3 Å². The molecule has 0 amide bonds. The molecular weight excluding hydrogens is 440 g/mol. The lowest BCUT2D eigenvalue weighted by molar-refractivity contribution is 0.0526. The maximum atomic E-state index is 11.7. The molecular formula is C22H25ClN2O5S. The number of esters is 1. The number of nitrogens with two attached hydrogens (primary N) is 1. The largest absolute Gasteiger partial charge is 0.462 e. The Morgan fingerprint density at radius 3 is 2.32 bits per heavy atom. The Morgan fingerprint density at radius 2 is 1.71 bits per heavy atom. The van der Waals surface area contributed by atoms with E-state index in [9.17, 15) is 13.2 Å². The van der Waals surface area contributed by atoms with Crippen molar-refractivity contribution in [2.45, 2.75) is 24.8 Å². The first-order valence-electron chi connectivity index (χ1n) is 9.55. The minimum atomic E-state index is -3.66. The number of sulfonamides is 1. The molecule has 0 spiro atoms. The summed E-state index contributed by atoms with van der Waals surface area (Å²) in [6.07, 6.45) is 0.744. The van der Waals surface area contributed by atoms with E-state index >= 15 is 0 Å². The highest BCUT2D eigenvalue weighted by Crippen LogP contribution is 2.23. The van der Waals surface area contributed by atoms with Crippen LogP contribution in [0.15, 0.2) is 70.0 Å². The summed E-state index contributed by atoms with van der Waals surface area (Å²) in [6, 6.07) is 17.4. The first-order valence-corrected chi connectivity index (χ1v) is 11.1. The minimum absolute atomic E-state index is 0. The van der Waals surface area contributed by atoms with Crippen LogP contribution in [0.4, 0.5) is 0 Å². The predicted molar refractivity (Wildman–Crippen MR) is 121 cm³/mol. The number of ether oxygens (including phenoxy) is 1. The van der Waals surface area contributed by atoms with Gasteiger partial charge in [0, 0.05) is 5.56 Å². The highest BCUT2D eigenvalue weighted by molar-refractivity contribution is 7.89. The van der Waals surface area contributed by atoms with Crippen LogP contribution >= 0.6 is 12.4 Å². The molecule has 2 aromatic carbocycles. The Bertz CT molecular complexity index is 1090. The second-order valence-corrected chi connectivity index (χ2v) is 8.24. The number of hydrogen-bond donors (Lipinski definition) is 2. The molecule has 3 aromatic rings. The zero-order valence-corrected chi connectivity index (χ0v) is 18.7. The number of rotatable bonds is 9. The molecule has 31 heavy (non-hydrogen) atoms. The average Bonchev–Trinajstić information content (AvgIpc) is 3.20. The maximum Gasteiger partial charge on any atom is 0.338 e. The molecule has 0 bridgehead atoms. The van der Waals surface area contributed by atoms with E-state index in [-0.39, 0.29) is 23.3 Å². The van der Waals surface area contributed by atoms with Gasteiger partial charge in [-0.25, -0.2) is 18.4 Å². The van der Waals surface area contributed by atoms with Crippen molar-refractivity contribution in [1.82, 2.24) is 5.32 Å². The van der Waals surface area contributed by atoms with Gasteiger partial charge in [-0.2, -0.15) is 0 Å². The zero-order valence-electron chi connectivity index (χ0n) is 17.0. The smallest absolute Gasteiger partial charge is 0.338 e.